The molecule has 7 heteroatoms. The smallest absolute Gasteiger partial charge is 0.225 e. The maximum absolute atomic E-state index is 12.7. The van der Waals surface area contributed by atoms with E-state index < -0.39 is 0 Å². The number of aliphatic imine (C=N–C) groups is 1. The van der Waals surface area contributed by atoms with Gasteiger partial charge in [-0.25, -0.2) is 4.99 Å². The summed E-state index contributed by atoms with van der Waals surface area (Å²) in [5.74, 6) is 2.37. The molecule has 1 amide bonds. The lowest BCUT2D eigenvalue weighted by Gasteiger charge is -2.21. The van der Waals surface area contributed by atoms with Gasteiger partial charge >= 0.3 is 0 Å². The molecule has 0 spiro atoms. The highest BCUT2D eigenvalue weighted by molar-refractivity contribution is 14.0. The largest absolute Gasteiger partial charge is 0.494 e. The molecule has 1 atom stereocenters. The van der Waals surface area contributed by atoms with Crippen molar-refractivity contribution < 1.29 is 9.53 Å². The van der Waals surface area contributed by atoms with Gasteiger partial charge in [-0.05, 0) is 57.2 Å². The number of aryl methyl sites for hydroxylation is 1. The monoisotopic (exact) mass is 528 g/mol. The highest BCUT2D eigenvalue weighted by Gasteiger charge is 2.32. The molecule has 2 fully saturated rings. The molecule has 1 heterocycles. The molecule has 168 valence electrons. The van der Waals surface area contributed by atoms with Crippen LogP contribution in [0.5, 0.6) is 5.75 Å². The number of nitrogens with zero attached hydrogens (tertiary/aromatic N) is 2. The number of rotatable bonds is 7. The molecule has 0 radical (unpaired) electrons. The van der Waals surface area contributed by atoms with Crippen LogP contribution in [-0.4, -0.2) is 49.0 Å². The van der Waals surface area contributed by atoms with Gasteiger partial charge in [0.2, 0.25) is 5.91 Å². The second-order valence-electron chi connectivity index (χ2n) is 8.12. The number of hydrogen-bond acceptors (Lipinski definition) is 3. The van der Waals surface area contributed by atoms with Crippen LogP contribution >= 0.6 is 24.0 Å². The van der Waals surface area contributed by atoms with Crippen LogP contribution in [0.3, 0.4) is 0 Å². The first-order valence-electron chi connectivity index (χ1n) is 11.2. The van der Waals surface area contributed by atoms with Crippen molar-refractivity contribution in [2.45, 2.75) is 65.5 Å². The van der Waals surface area contributed by atoms with Gasteiger partial charge in [-0.3, -0.25) is 4.79 Å². The normalized spacial score (nSPS) is 19.5. The number of amides is 1. The van der Waals surface area contributed by atoms with Gasteiger partial charge in [-0.2, -0.15) is 0 Å². The van der Waals surface area contributed by atoms with Crippen LogP contribution in [0.1, 0.15) is 57.1 Å². The van der Waals surface area contributed by atoms with E-state index in [0.717, 1.165) is 61.7 Å². The van der Waals surface area contributed by atoms with Crippen molar-refractivity contribution >= 4 is 35.8 Å². The van der Waals surface area contributed by atoms with Crippen molar-refractivity contribution in [2.75, 3.05) is 26.2 Å². The second kappa shape index (κ2) is 12.4. The van der Waals surface area contributed by atoms with E-state index in [0.29, 0.717) is 19.1 Å². The van der Waals surface area contributed by atoms with Crippen LogP contribution < -0.4 is 15.4 Å². The average molecular weight is 528 g/mol. The first-order chi connectivity index (χ1) is 14.1. The third kappa shape index (κ3) is 6.75. The molecule has 30 heavy (non-hydrogen) atoms. The van der Waals surface area contributed by atoms with Crippen LogP contribution in [0.2, 0.25) is 0 Å². The molecule has 2 aliphatic rings. The average Bonchev–Trinajstić information content (AvgIpc) is 3.40. The SMILES string of the molecule is CCNC(=NCc1ccc(OCC)c(C)c1)NC1CCN(C(=O)C2CCCC2)C1.I. The molecule has 0 aromatic heterocycles. The van der Waals surface area contributed by atoms with E-state index in [1.807, 2.05) is 17.9 Å². The third-order valence-corrected chi connectivity index (χ3v) is 5.85. The molecule has 1 aliphatic heterocycles. The van der Waals surface area contributed by atoms with Crippen molar-refractivity contribution in [1.82, 2.24) is 15.5 Å². The molecule has 1 aromatic rings. The summed E-state index contributed by atoms with van der Waals surface area (Å²) in [5.41, 5.74) is 2.29. The van der Waals surface area contributed by atoms with Crippen molar-refractivity contribution in [3.8, 4) is 5.75 Å². The first-order valence-corrected chi connectivity index (χ1v) is 11.2. The summed E-state index contributed by atoms with van der Waals surface area (Å²) in [6.45, 7) is 9.86. The number of guanidine groups is 1. The number of halogens is 1. The molecule has 3 rings (SSSR count). The highest BCUT2D eigenvalue weighted by atomic mass is 127. The van der Waals surface area contributed by atoms with E-state index in [4.69, 9.17) is 9.73 Å². The fraction of sp³-hybridized carbons (Fsp3) is 0.652. The van der Waals surface area contributed by atoms with Crippen molar-refractivity contribution in [3.05, 3.63) is 29.3 Å². The highest BCUT2D eigenvalue weighted by Crippen LogP contribution is 2.27. The zero-order valence-corrected chi connectivity index (χ0v) is 20.9. The van der Waals surface area contributed by atoms with E-state index in [-0.39, 0.29) is 35.9 Å². The molecule has 1 saturated carbocycles. The Morgan fingerprint density at radius 1 is 1.23 bits per heavy atom. The maximum Gasteiger partial charge on any atom is 0.225 e. The van der Waals surface area contributed by atoms with Gasteiger partial charge in [0.25, 0.3) is 0 Å². The predicted molar refractivity (Wildman–Crippen MR) is 133 cm³/mol. The van der Waals surface area contributed by atoms with Gasteiger partial charge < -0.3 is 20.3 Å². The lowest BCUT2D eigenvalue weighted by atomic mass is 10.1. The molecule has 1 aliphatic carbocycles. The van der Waals surface area contributed by atoms with Crippen LogP contribution in [0.25, 0.3) is 0 Å². The fourth-order valence-electron chi connectivity index (χ4n) is 4.32. The topological polar surface area (TPSA) is 66.0 Å². The molecular formula is C23H37IN4O2. The van der Waals surface area contributed by atoms with Gasteiger partial charge in [0.05, 0.1) is 13.2 Å². The first kappa shape index (κ1) is 24.8. The number of benzene rings is 1. The Bertz CT molecular complexity index is 719. The standard InChI is InChI=1S/C23H36N4O2.HI/c1-4-24-23(25-15-18-10-11-21(29-5-2)17(3)14-18)26-20-12-13-27(16-20)22(28)19-8-6-7-9-19;/h10-11,14,19-20H,4-9,12-13,15-16H2,1-3H3,(H2,24,25,26);1H. The van der Waals surface area contributed by atoms with Crippen molar-refractivity contribution in [3.63, 3.8) is 0 Å². The number of ether oxygens (including phenoxy) is 1. The van der Waals surface area contributed by atoms with E-state index >= 15 is 0 Å². The molecule has 2 N–H and O–H groups in total. The maximum atomic E-state index is 12.7. The summed E-state index contributed by atoms with van der Waals surface area (Å²) in [6, 6.07) is 6.49. The van der Waals surface area contributed by atoms with E-state index in [1.165, 1.54) is 12.8 Å². The number of carbonyl (C=O) groups is 1. The predicted octanol–water partition coefficient (Wildman–Crippen LogP) is 3.86. The molecule has 1 unspecified atom stereocenters. The quantitative estimate of drug-likeness (QED) is 0.321. The Kier molecular flexibility index (Phi) is 10.2. The Morgan fingerprint density at radius 2 is 2.00 bits per heavy atom. The Labute approximate surface area is 198 Å². The Hall–Kier alpha value is -1.51. The summed E-state index contributed by atoms with van der Waals surface area (Å²) >= 11 is 0. The Balaban J connectivity index is 0.00000320. The number of hydrogen-bond donors (Lipinski definition) is 2. The molecular weight excluding hydrogens is 491 g/mol. The van der Waals surface area contributed by atoms with Gasteiger partial charge in [-0.15, -0.1) is 24.0 Å². The third-order valence-electron chi connectivity index (χ3n) is 5.85. The van der Waals surface area contributed by atoms with Gasteiger partial charge in [-0.1, -0.05) is 25.0 Å². The number of likely N-dealkylation sites (tertiary alicyclic amines) is 1. The van der Waals surface area contributed by atoms with Crippen molar-refractivity contribution in [1.29, 1.82) is 0 Å². The number of carbonyl (C=O) groups excluding carboxylic acids is 1. The minimum absolute atomic E-state index is 0. The van der Waals surface area contributed by atoms with Gasteiger partial charge in [0.1, 0.15) is 5.75 Å². The fourth-order valence-corrected chi connectivity index (χ4v) is 4.32. The summed E-state index contributed by atoms with van der Waals surface area (Å²) < 4.78 is 5.62. The molecule has 1 saturated heterocycles. The number of nitrogens with one attached hydrogen (secondary N) is 2. The van der Waals surface area contributed by atoms with Crippen LogP contribution in [0, 0.1) is 12.8 Å². The minimum atomic E-state index is 0. The van der Waals surface area contributed by atoms with Crippen LogP contribution in [-0.2, 0) is 11.3 Å². The van der Waals surface area contributed by atoms with E-state index in [1.54, 1.807) is 0 Å². The van der Waals surface area contributed by atoms with Crippen LogP contribution in [0.15, 0.2) is 23.2 Å². The van der Waals surface area contributed by atoms with Crippen molar-refractivity contribution in [2.24, 2.45) is 10.9 Å². The molecule has 1 aromatic carbocycles. The van der Waals surface area contributed by atoms with Gasteiger partial charge in [0.15, 0.2) is 5.96 Å². The molecule has 0 bridgehead atoms. The lowest BCUT2D eigenvalue weighted by molar-refractivity contribution is -0.134. The summed E-state index contributed by atoms with van der Waals surface area (Å²) in [7, 11) is 0. The molecule has 6 nitrogen and oxygen atoms in total. The van der Waals surface area contributed by atoms with Crippen LogP contribution in [0.4, 0.5) is 0 Å². The zero-order chi connectivity index (χ0) is 20.6. The Morgan fingerprint density at radius 3 is 2.67 bits per heavy atom. The summed E-state index contributed by atoms with van der Waals surface area (Å²) in [6.07, 6.45) is 5.52. The second-order valence-corrected chi connectivity index (χ2v) is 8.12. The van der Waals surface area contributed by atoms with E-state index in [9.17, 15) is 4.79 Å². The zero-order valence-electron chi connectivity index (χ0n) is 18.6. The minimum Gasteiger partial charge on any atom is -0.494 e. The van der Waals surface area contributed by atoms with Gasteiger partial charge in [0, 0.05) is 31.6 Å². The lowest BCUT2D eigenvalue weighted by Crippen LogP contribution is -2.45. The summed E-state index contributed by atoms with van der Waals surface area (Å²) in [5, 5.41) is 6.87. The summed E-state index contributed by atoms with van der Waals surface area (Å²) in [4.78, 5) is 19.5. The van der Waals surface area contributed by atoms with E-state index in [2.05, 4.69) is 36.6 Å².